The van der Waals surface area contributed by atoms with Crippen LogP contribution in [-0.2, 0) is 5.41 Å². The second-order valence-corrected chi connectivity index (χ2v) is 9.95. The quantitative estimate of drug-likeness (QED) is 0.294. The number of benzene rings is 2. The molecule has 0 N–H and O–H groups in total. The molecule has 3 heterocycles. The van der Waals surface area contributed by atoms with Gasteiger partial charge in [-0.1, -0.05) is 32.9 Å². The van der Waals surface area contributed by atoms with E-state index in [1.807, 2.05) is 17.5 Å². The minimum atomic E-state index is 0.0752. The first-order valence-electron chi connectivity index (χ1n) is 9.64. The van der Waals surface area contributed by atoms with Crippen molar-refractivity contribution in [2.75, 3.05) is 0 Å². The lowest BCUT2D eigenvalue weighted by atomic mass is 9.84. The maximum absolute atomic E-state index is 6.38. The molecule has 0 atom stereocenters. The van der Waals surface area contributed by atoms with Gasteiger partial charge in [-0.3, -0.25) is 4.98 Å². The van der Waals surface area contributed by atoms with E-state index in [0.29, 0.717) is 0 Å². The fourth-order valence-corrected chi connectivity index (χ4v) is 5.08. The number of furan rings is 1. The summed E-state index contributed by atoms with van der Waals surface area (Å²) < 4.78 is 7.65. The molecule has 140 valence electrons. The van der Waals surface area contributed by atoms with Crippen LogP contribution in [0.15, 0.2) is 53.1 Å². The minimum absolute atomic E-state index is 0.0752. The van der Waals surface area contributed by atoms with Crippen LogP contribution < -0.4 is 0 Å². The first-order valence-corrected chi connectivity index (χ1v) is 10.5. The Balaban J connectivity index is 1.79. The summed E-state index contributed by atoms with van der Waals surface area (Å²) in [5.41, 5.74) is 6.51. The monoisotopic (exact) mass is 385 g/mol. The van der Waals surface area contributed by atoms with Crippen molar-refractivity contribution < 1.29 is 4.42 Å². The van der Waals surface area contributed by atoms with Gasteiger partial charge < -0.3 is 4.42 Å². The van der Waals surface area contributed by atoms with Crippen molar-refractivity contribution in [2.45, 2.75) is 40.0 Å². The van der Waals surface area contributed by atoms with Crippen molar-refractivity contribution in [3.8, 4) is 11.3 Å². The number of fused-ring (bicyclic) bond motifs is 4. The van der Waals surface area contributed by atoms with E-state index < -0.39 is 0 Å². The number of nitrogens with zero attached hydrogens (tertiary/aromatic N) is 1. The molecular weight excluding hydrogens is 362 g/mol. The Hall–Kier alpha value is -2.65. The number of hydrogen-bond donors (Lipinski definition) is 0. The van der Waals surface area contributed by atoms with Gasteiger partial charge in [-0.25, -0.2) is 0 Å². The Morgan fingerprint density at radius 3 is 2.57 bits per heavy atom. The number of rotatable bonds is 1. The zero-order valence-corrected chi connectivity index (χ0v) is 17.7. The van der Waals surface area contributed by atoms with Crippen LogP contribution in [0.25, 0.3) is 43.3 Å². The lowest BCUT2D eigenvalue weighted by Gasteiger charge is -2.22. The van der Waals surface area contributed by atoms with Crippen molar-refractivity contribution >= 4 is 43.4 Å². The first-order chi connectivity index (χ1) is 13.3. The number of hydrogen-bond acceptors (Lipinski definition) is 3. The zero-order valence-electron chi connectivity index (χ0n) is 16.9. The maximum atomic E-state index is 6.38. The molecule has 2 aromatic carbocycles. The summed E-state index contributed by atoms with van der Waals surface area (Å²) in [5.74, 6) is 0. The molecule has 0 spiro atoms. The summed E-state index contributed by atoms with van der Waals surface area (Å²) in [5, 5.41) is 3.61. The number of thiophene rings is 1. The minimum Gasteiger partial charge on any atom is -0.455 e. The standard InChI is InChI=1S/C25H23NOS/c1-14-13-26-21(11-20(14)25(3,4)5)18-8-6-7-17-19-10-16-9-15(2)28-23(16)12-22(19)27-24(17)18/h6-13H,1-5H3. The molecule has 0 fully saturated rings. The van der Waals surface area contributed by atoms with Gasteiger partial charge in [-0.2, -0.15) is 0 Å². The lowest BCUT2D eigenvalue weighted by molar-refractivity contribution is 0.585. The van der Waals surface area contributed by atoms with Crippen LogP contribution in [0.1, 0.15) is 36.8 Å². The predicted octanol–water partition coefficient (Wildman–Crippen LogP) is 7.78. The molecule has 0 unspecified atom stereocenters. The van der Waals surface area contributed by atoms with Crippen LogP contribution in [0.4, 0.5) is 0 Å². The van der Waals surface area contributed by atoms with E-state index in [2.05, 4.69) is 77.1 Å². The van der Waals surface area contributed by atoms with Crippen LogP contribution in [0.3, 0.4) is 0 Å². The highest BCUT2D eigenvalue weighted by atomic mass is 32.1. The second kappa shape index (κ2) is 5.92. The van der Waals surface area contributed by atoms with Crippen molar-refractivity contribution in [2.24, 2.45) is 0 Å². The van der Waals surface area contributed by atoms with Gasteiger partial charge in [-0.15, -0.1) is 11.3 Å². The van der Waals surface area contributed by atoms with Gasteiger partial charge in [0, 0.05) is 32.1 Å². The van der Waals surface area contributed by atoms with Crippen molar-refractivity contribution in [1.82, 2.24) is 4.98 Å². The molecule has 0 radical (unpaired) electrons. The molecule has 0 saturated carbocycles. The molecular formula is C25H23NOS. The maximum Gasteiger partial charge on any atom is 0.144 e. The summed E-state index contributed by atoms with van der Waals surface area (Å²) in [6.45, 7) is 11.0. The van der Waals surface area contributed by atoms with Crippen LogP contribution in [0.2, 0.25) is 0 Å². The van der Waals surface area contributed by atoms with Gasteiger partial charge in [-0.05, 0) is 66.1 Å². The lowest BCUT2D eigenvalue weighted by Crippen LogP contribution is -2.13. The molecule has 5 rings (SSSR count). The highest BCUT2D eigenvalue weighted by Gasteiger charge is 2.20. The second-order valence-electron chi connectivity index (χ2n) is 8.66. The molecule has 0 saturated heterocycles. The van der Waals surface area contributed by atoms with Crippen molar-refractivity contribution in [1.29, 1.82) is 0 Å². The number of aromatic nitrogens is 1. The summed E-state index contributed by atoms with van der Waals surface area (Å²) in [6, 6.07) is 15.3. The molecule has 0 bridgehead atoms. The molecule has 3 aromatic heterocycles. The van der Waals surface area contributed by atoms with E-state index in [-0.39, 0.29) is 5.41 Å². The summed E-state index contributed by atoms with van der Waals surface area (Å²) >= 11 is 1.81. The first kappa shape index (κ1) is 17.4. The molecule has 0 aliphatic carbocycles. The average Bonchev–Trinajstić information content (AvgIpc) is 3.17. The number of para-hydroxylation sites is 1. The van der Waals surface area contributed by atoms with E-state index in [0.717, 1.165) is 27.8 Å². The fraction of sp³-hybridized carbons (Fsp3) is 0.240. The Labute approximate surface area is 168 Å². The summed E-state index contributed by atoms with van der Waals surface area (Å²) in [7, 11) is 0. The van der Waals surface area contributed by atoms with Crippen molar-refractivity contribution in [3.05, 3.63) is 64.7 Å². The zero-order chi connectivity index (χ0) is 19.6. The normalized spacial score (nSPS) is 12.5. The van der Waals surface area contributed by atoms with E-state index in [9.17, 15) is 0 Å². The third-order valence-electron chi connectivity index (χ3n) is 5.45. The molecule has 28 heavy (non-hydrogen) atoms. The third-order valence-corrected chi connectivity index (χ3v) is 6.46. The predicted molar refractivity (Wildman–Crippen MR) is 121 cm³/mol. The van der Waals surface area contributed by atoms with Crippen LogP contribution >= 0.6 is 11.3 Å². The molecule has 0 aliphatic rings. The highest BCUT2D eigenvalue weighted by Crippen LogP contribution is 2.39. The van der Waals surface area contributed by atoms with E-state index in [1.165, 1.54) is 31.5 Å². The SMILES string of the molecule is Cc1cc2cc3c(cc2s1)oc1c(-c2cc(C(C)(C)C)c(C)cn2)cccc13. The molecule has 3 heteroatoms. The topological polar surface area (TPSA) is 26.0 Å². The van der Waals surface area contributed by atoms with Gasteiger partial charge in [0.15, 0.2) is 0 Å². The van der Waals surface area contributed by atoms with Gasteiger partial charge in [0.05, 0.1) is 5.69 Å². The summed E-state index contributed by atoms with van der Waals surface area (Å²) in [4.78, 5) is 6.07. The Bertz CT molecular complexity index is 1360. The summed E-state index contributed by atoms with van der Waals surface area (Å²) in [6.07, 6.45) is 1.98. The Morgan fingerprint density at radius 1 is 0.964 bits per heavy atom. The molecule has 0 aliphatic heterocycles. The third kappa shape index (κ3) is 2.65. The molecule has 2 nitrogen and oxygen atoms in total. The van der Waals surface area contributed by atoms with Crippen LogP contribution in [-0.4, -0.2) is 4.98 Å². The van der Waals surface area contributed by atoms with Gasteiger partial charge in [0.25, 0.3) is 0 Å². The fourth-order valence-electron chi connectivity index (χ4n) is 4.15. The molecule has 0 amide bonds. The van der Waals surface area contributed by atoms with E-state index in [4.69, 9.17) is 9.40 Å². The van der Waals surface area contributed by atoms with Gasteiger partial charge >= 0.3 is 0 Å². The largest absolute Gasteiger partial charge is 0.455 e. The number of pyridine rings is 1. The molecule has 5 aromatic rings. The highest BCUT2D eigenvalue weighted by molar-refractivity contribution is 7.19. The van der Waals surface area contributed by atoms with Crippen LogP contribution in [0.5, 0.6) is 0 Å². The average molecular weight is 386 g/mol. The number of aryl methyl sites for hydroxylation is 2. The smallest absolute Gasteiger partial charge is 0.144 e. The van der Waals surface area contributed by atoms with E-state index in [1.54, 1.807) is 0 Å². The van der Waals surface area contributed by atoms with Gasteiger partial charge in [0.2, 0.25) is 0 Å². The Kier molecular flexibility index (Phi) is 3.69. The van der Waals surface area contributed by atoms with Crippen molar-refractivity contribution in [3.63, 3.8) is 0 Å². The van der Waals surface area contributed by atoms with Crippen LogP contribution in [0, 0.1) is 13.8 Å². The van der Waals surface area contributed by atoms with Gasteiger partial charge in [0.1, 0.15) is 11.2 Å². The van der Waals surface area contributed by atoms with E-state index >= 15 is 0 Å². The Morgan fingerprint density at radius 2 is 1.79 bits per heavy atom.